The van der Waals surface area contributed by atoms with Gasteiger partial charge in [-0.2, -0.15) is 0 Å². The van der Waals surface area contributed by atoms with Gasteiger partial charge in [-0.25, -0.2) is 0 Å². The highest BCUT2D eigenvalue weighted by molar-refractivity contribution is 7.20. The maximum absolute atomic E-state index is 12.1. The number of carbonyl (C=O) groups excluding carboxylic acids is 1. The molecule has 0 unspecified atom stereocenters. The molecule has 0 saturated heterocycles. The van der Waals surface area contributed by atoms with E-state index in [1.165, 1.54) is 12.1 Å². The molecule has 1 aromatic carbocycles. The van der Waals surface area contributed by atoms with E-state index in [0.29, 0.717) is 19.8 Å². The number of hydrogen-bond donors (Lipinski definition) is 0. The lowest BCUT2D eigenvalue weighted by molar-refractivity contribution is -0.385. The third-order valence-electron chi connectivity index (χ3n) is 2.50. The molecule has 0 saturated carbocycles. The maximum atomic E-state index is 12.1. The predicted molar refractivity (Wildman–Crippen MR) is 75.5 cm³/mol. The largest absolute Gasteiger partial charge is 0.294 e. The van der Waals surface area contributed by atoms with Crippen LogP contribution in [0.2, 0.25) is 8.67 Å². The van der Waals surface area contributed by atoms with Gasteiger partial charge in [0.1, 0.15) is 4.34 Å². The summed E-state index contributed by atoms with van der Waals surface area (Å²) < 4.78 is 0.712. The summed E-state index contributed by atoms with van der Waals surface area (Å²) >= 11 is 12.8. The SMILES string of the molecule is O=C(Cc1ccccc1[N+](=O)[O-])c1cc(Cl)sc1Cl. The Balaban J connectivity index is 2.29. The van der Waals surface area contributed by atoms with E-state index in [-0.39, 0.29) is 17.9 Å². The number of nitrogens with zero attached hydrogens (tertiary/aromatic N) is 1. The Morgan fingerprint density at radius 3 is 2.58 bits per heavy atom. The Bertz CT molecular complexity index is 654. The molecule has 4 nitrogen and oxygen atoms in total. The number of benzene rings is 1. The van der Waals surface area contributed by atoms with E-state index in [0.717, 1.165) is 11.3 Å². The topological polar surface area (TPSA) is 60.2 Å². The van der Waals surface area contributed by atoms with E-state index in [1.54, 1.807) is 18.2 Å². The number of halogens is 2. The molecule has 0 aliphatic heterocycles. The van der Waals surface area contributed by atoms with Crippen molar-refractivity contribution < 1.29 is 9.72 Å². The molecule has 0 spiro atoms. The van der Waals surface area contributed by atoms with Crippen molar-refractivity contribution in [3.05, 3.63) is 60.2 Å². The fraction of sp³-hybridized carbons (Fsp3) is 0.0833. The van der Waals surface area contributed by atoms with Gasteiger partial charge in [0, 0.05) is 23.6 Å². The summed E-state index contributed by atoms with van der Waals surface area (Å²) in [6.45, 7) is 0. The molecule has 0 atom stereocenters. The second-order valence-corrected chi connectivity index (χ2v) is 6.01. The molecule has 0 N–H and O–H groups in total. The molecule has 0 amide bonds. The molecule has 2 rings (SSSR count). The fourth-order valence-electron chi connectivity index (χ4n) is 1.64. The molecule has 0 aliphatic carbocycles. The van der Waals surface area contributed by atoms with Gasteiger partial charge in [0.05, 0.1) is 9.26 Å². The van der Waals surface area contributed by atoms with Crippen LogP contribution in [0, 0.1) is 10.1 Å². The minimum atomic E-state index is -0.509. The van der Waals surface area contributed by atoms with Crippen molar-refractivity contribution in [1.29, 1.82) is 0 Å². The van der Waals surface area contributed by atoms with Crippen LogP contribution in [0.25, 0.3) is 0 Å². The Kier molecular flexibility index (Phi) is 4.19. The van der Waals surface area contributed by atoms with Crippen molar-refractivity contribution >= 4 is 46.0 Å². The smallest absolute Gasteiger partial charge is 0.273 e. The lowest BCUT2D eigenvalue weighted by atomic mass is 10.0. The number of rotatable bonds is 4. The van der Waals surface area contributed by atoms with Gasteiger partial charge in [0.25, 0.3) is 5.69 Å². The number of nitro benzene ring substituents is 1. The Hall–Kier alpha value is -1.43. The van der Waals surface area contributed by atoms with Gasteiger partial charge >= 0.3 is 0 Å². The minimum absolute atomic E-state index is 0.0756. The van der Waals surface area contributed by atoms with Gasteiger partial charge in [-0.1, -0.05) is 41.4 Å². The Morgan fingerprint density at radius 1 is 1.32 bits per heavy atom. The van der Waals surface area contributed by atoms with Crippen LogP contribution in [0.15, 0.2) is 30.3 Å². The van der Waals surface area contributed by atoms with Crippen LogP contribution in [0.5, 0.6) is 0 Å². The van der Waals surface area contributed by atoms with Crippen LogP contribution in [0.4, 0.5) is 5.69 Å². The first-order valence-electron chi connectivity index (χ1n) is 5.19. The summed E-state index contributed by atoms with van der Waals surface area (Å²) in [4.78, 5) is 22.4. The maximum Gasteiger partial charge on any atom is 0.273 e. The molecule has 1 heterocycles. The molecule has 0 aliphatic rings. The summed E-state index contributed by atoms with van der Waals surface area (Å²) in [7, 11) is 0. The first-order chi connectivity index (χ1) is 8.99. The van der Waals surface area contributed by atoms with E-state index in [4.69, 9.17) is 23.2 Å². The van der Waals surface area contributed by atoms with E-state index in [9.17, 15) is 14.9 Å². The van der Waals surface area contributed by atoms with E-state index < -0.39 is 4.92 Å². The molecule has 0 fully saturated rings. The van der Waals surface area contributed by atoms with E-state index >= 15 is 0 Å². The molecule has 1 aromatic heterocycles. The summed E-state index contributed by atoms with van der Waals surface area (Å²) in [6.07, 6.45) is -0.0794. The summed E-state index contributed by atoms with van der Waals surface area (Å²) in [5, 5.41) is 10.9. The van der Waals surface area contributed by atoms with Gasteiger partial charge in [0.15, 0.2) is 5.78 Å². The number of carbonyl (C=O) groups is 1. The number of ketones is 1. The van der Waals surface area contributed by atoms with Crippen molar-refractivity contribution in [3.63, 3.8) is 0 Å². The first kappa shape index (κ1) is 14.0. The highest BCUT2D eigenvalue weighted by Crippen LogP contribution is 2.32. The van der Waals surface area contributed by atoms with Gasteiger partial charge in [-0.3, -0.25) is 14.9 Å². The average Bonchev–Trinajstić information content (AvgIpc) is 2.69. The second kappa shape index (κ2) is 5.69. The number of para-hydroxylation sites is 1. The standard InChI is InChI=1S/C12H7Cl2NO3S/c13-11-6-8(12(14)19-11)10(16)5-7-3-1-2-4-9(7)15(17)18/h1-4,6H,5H2. The molecule has 98 valence electrons. The third-order valence-corrected chi connectivity index (χ3v) is 3.98. The monoisotopic (exact) mass is 315 g/mol. The molecule has 0 bridgehead atoms. The van der Waals surface area contributed by atoms with Gasteiger partial charge in [-0.05, 0) is 6.07 Å². The third kappa shape index (κ3) is 3.12. The average molecular weight is 316 g/mol. The quantitative estimate of drug-likeness (QED) is 0.477. The second-order valence-electron chi connectivity index (χ2n) is 3.72. The zero-order valence-electron chi connectivity index (χ0n) is 9.43. The first-order valence-corrected chi connectivity index (χ1v) is 6.76. The lowest BCUT2D eigenvalue weighted by Crippen LogP contribution is -2.05. The summed E-state index contributed by atoms with van der Waals surface area (Å²) in [5.74, 6) is -0.289. The zero-order valence-corrected chi connectivity index (χ0v) is 11.8. The van der Waals surface area contributed by atoms with Crippen molar-refractivity contribution in [2.45, 2.75) is 6.42 Å². The predicted octanol–water partition coefficient (Wildman–Crippen LogP) is 4.39. The molecular weight excluding hydrogens is 309 g/mol. The van der Waals surface area contributed by atoms with Crippen molar-refractivity contribution in [2.24, 2.45) is 0 Å². The van der Waals surface area contributed by atoms with Crippen molar-refractivity contribution in [3.8, 4) is 0 Å². The van der Waals surface area contributed by atoms with E-state index in [1.807, 2.05) is 0 Å². The zero-order chi connectivity index (χ0) is 14.0. The molecule has 7 heteroatoms. The van der Waals surface area contributed by atoms with Gasteiger partial charge in [0.2, 0.25) is 0 Å². The summed E-state index contributed by atoms with van der Waals surface area (Å²) in [5.41, 5.74) is 0.582. The molecule has 19 heavy (non-hydrogen) atoms. The normalized spacial score (nSPS) is 10.4. The summed E-state index contributed by atoms with van der Waals surface area (Å²) in [6, 6.07) is 7.60. The highest BCUT2D eigenvalue weighted by atomic mass is 35.5. The molecular formula is C12H7Cl2NO3S. The van der Waals surface area contributed by atoms with Gasteiger partial charge < -0.3 is 0 Å². The number of hydrogen-bond acceptors (Lipinski definition) is 4. The minimum Gasteiger partial charge on any atom is -0.294 e. The molecule has 2 aromatic rings. The number of Topliss-reactive ketones (excluding diaryl/α,β-unsaturated/α-hetero) is 1. The van der Waals surface area contributed by atoms with Crippen LogP contribution >= 0.6 is 34.5 Å². The Labute approximate surface area is 122 Å². The number of nitro groups is 1. The highest BCUT2D eigenvalue weighted by Gasteiger charge is 2.19. The molecule has 0 radical (unpaired) electrons. The van der Waals surface area contributed by atoms with E-state index in [2.05, 4.69) is 0 Å². The lowest BCUT2D eigenvalue weighted by Gasteiger charge is -2.01. The van der Waals surface area contributed by atoms with Crippen LogP contribution in [0.1, 0.15) is 15.9 Å². The Morgan fingerprint density at radius 2 is 2.00 bits per heavy atom. The van der Waals surface area contributed by atoms with Crippen LogP contribution in [0.3, 0.4) is 0 Å². The van der Waals surface area contributed by atoms with Gasteiger partial charge in [-0.15, -0.1) is 11.3 Å². The number of thiophene rings is 1. The van der Waals surface area contributed by atoms with Crippen molar-refractivity contribution in [2.75, 3.05) is 0 Å². The van der Waals surface area contributed by atoms with Crippen molar-refractivity contribution in [1.82, 2.24) is 0 Å². The van der Waals surface area contributed by atoms with Crippen LogP contribution in [-0.2, 0) is 6.42 Å². The van der Waals surface area contributed by atoms with Crippen LogP contribution < -0.4 is 0 Å². The fourth-order valence-corrected chi connectivity index (χ4v) is 3.14. The van der Waals surface area contributed by atoms with Crippen LogP contribution in [-0.4, -0.2) is 10.7 Å².